The minimum atomic E-state index is -0.269. The molecule has 1 aromatic carbocycles. The van der Waals surface area contributed by atoms with Crippen molar-refractivity contribution in [3.63, 3.8) is 0 Å². The molecule has 0 N–H and O–H groups in total. The van der Waals surface area contributed by atoms with E-state index in [1.807, 2.05) is 24.3 Å². The zero-order valence-corrected chi connectivity index (χ0v) is 12.0. The predicted molar refractivity (Wildman–Crippen MR) is 77.7 cm³/mol. The normalized spacial score (nSPS) is 20.9. The average Bonchev–Trinajstić information content (AvgIpc) is 3.33. The van der Waals surface area contributed by atoms with Crippen LogP contribution in [0.1, 0.15) is 28.8 Å². The van der Waals surface area contributed by atoms with Gasteiger partial charge in [0.25, 0.3) is 0 Å². The summed E-state index contributed by atoms with van der Waals surface area (Å²) in [4.78, 5) is 16.5. The van der Waals surface area contributed by atoms with Gasteiger partial charge in [0.2, 0.25) is 0 Å². The topological polar surface area (TPSA) is 32.8 Å². The fourth-order valence-corrected chi connectivity index (χ4v) is 2.85. The van der Waals surface area contributed by atoms with Gasteiger partial charge >= 0.3 is 5.97 Å². The Bertz CT molecular complexity index is 460. The zero-order valence-electron chi connectivity index (χ0n) is 12.0. The molecule has 3 rings (SSSR count). The van der Waals surface area contributed by atoms with Crippen molar-refractivity contribution in [3.05, 3.63) is 35.4 Å². The van der Waals surface area contributed by atoms with E-state index >= 15 is 0 Å². The molecule has 4 heteroatoms. The fraction of sp³-hybridized carbons (Fsp3) is 0.562. The average molecular weight is 274 g/mol. The Morgan fingerprint density at radius 2 is 1.80 bits per heavy atom. The highest BCUT2D eigenvalue weighted by molar-refractivity contribution is 5.89. The van der Waals surface area contributed by atoms with Gasteiger partial charge in [0.1, 0.15) is 0 Å². The summed E-state index contributed by atoms with van der Waals surface area (Å²) in [5.41, 5.74) is 1.88. The number of esters is 1. The van der Waals surface area contributed by atoms with E-state index in [1.54, 1.807) is 0 Å². The molecule has 108 valence electrons. The van der Waals surface area contributed by atoms with Gasteiger partial charge in [-0.1, -0.05) is 12.1 Å². The molecule has 4 nitrogen and oxygen atoms in total. The molecule has 0 amide bonds. The van der Waals surface area contributed by atoms with Crippen LogP contribution in [0, 0.1) is 0 Å². The summed E-state index contributed by atoms with van der Waals surface area (Å²) in [6.07, 6.45) is 2.80. The van der Waals surface area contributed by atoms with E-state index in [-0.39, 0.29) is 5.97 Å². The maximum atomic E-state index is 11.4. The van der Waals surface area contributed by atoms with Gasteiger partial charge in [0.15, 0.2) is 0 Å². The van der Waals surface area contributed by atoms with Crippen molar-refractivity contribution >= 4 is 5.97 Å². The summed E-state index contributed by atoms with van der Waals surface area (Å²) in [6, 6.07) is 8.64. The Balaban J connectivity index is 1.51. The first-order chi connectivity index (χ1) is 9.76. The number of hydrogen-bond acceptors (Lipinski definition) is 4. The van der Waals surface area contributed by atoms with E-state index < -0.39 is 0 Å². The van der Waals surface area contributed by atoms with Crippen LogP contribution in [-0.2, 0) is 11.3 Å². The molecule has 1 aliphatic heterocycles. The third-order valence-corrected chi connectivity index (χ3v) is 4.25. The van der Waals surface area contributed by atoms with Crippen LogP contribution < -0.4 is 0 Å². The summed E-state index contributed by atoms with van der Waals surface area (Å²) in [5, 5.41) is 0. The molecular formula is C16H22N2O2. The summed E-state index contributed by atoms with van der Waals surface area (Å²) in [7, 11) is 1.41. The van der Waals surface area contributed by atoms with E-state index in [4.69, 9.17) is 4.74 Å². The van der Waals surface area contributed by atoms with Crippen molar-refractivity contribution in [1.82, 2.24) is 9.80 Å². The molecule has 1 saturated heterocycles. The highest BCUT2D eigenvalue weighted by Gasteiger charge is 2.30. The number of ether oxygens (including phenoxy) is 1. The lowest BCUT2D eigenvalue weighted by molar-refractivity contribution is 0.0600. The zero-order chi connectivity index (χ0) is 13.9. The van der Waals surface area contributed by atoms with Crippen LogP contribution >= 0.6 is 0 Å². The van der Waals surface area contributed by atoms with Gasteiger partial charge in [-0.3, -0.25) is 9.80 Å². The van der Waals surface area contributed by atoms with Crippen molar-refractivity contribution in [3.8, 4) is 0 Å². The van der Waals surface area contributed by atoms with Gasteiger partial charge < -0.3 is 4.74 Å². The van der Waals surface area contributed by atoms with Crippen LogP contribution in [0.3, 0.4) is 0 Å². The molecule has 0 aromatic heterocycles. The van der Waals surface area contributed by atoms with Crippen molar-refractivity contribution < 1.29 is 9.53 Å². The lowest BCUT2D eigenvalue weighted by atomic mass is 10.1. The minimum absolute atomic E-state index is 0.269. The number of carbonyl (C=O) groups is 1. The first-order valence-electron chi connectivity index (χ1n) is 7.40. The van der Waals surface area contributed by atoms with Gasteiger partial charge in [-0.05, 0) is 30.5 Å². The molecule has 2 fully saturated rings. The molecule has 1 saturated carbocycles. The van der Waals surface area contributed by atoms with Crippen LogP contribution in [0.5, 0.6) is 0 Å². The minimum Gasteiger partial charge on any atom is -0.465 e. The smallest absolute Gasteiger partial charge is 0.337 e. The molecule has 1 heterocycles. The van der Waals surface area contributed by atoms with Crippen LogP contribution in [0.2, 0.25) is 0 Å². The molecule has 20 heavy (non-hydrogen) atoms. The highest BCUT2D eigenvalue weighted by atomic mass is 16.5. The third-order valence-electron chi connectivity index (χ3n) is 4.25. The second-order valence-corrected chi connectivity index (χ2v) is 5.73. The standard InChI is InChI=1S/C16H22N2O2/c1-20-16(19)14-4-2-13(3-5-14)12-17-8-10-18(11-9-17)15-6-7-15/h2-5,15H,6-12H2,1H3. The lowest BCUT2D eigenvalue weighted by Gasteiger charge is -2.34. The van der Waals surface area contributed by atoms with Gasteiger partial charge in [-0.25, -0.2) is 4.79 Å². The van der Waals surface area contributed by atoms with Crippen LogP contribution in [0.4, 0.5) is 0 Å². The van der Waals surface area contributed by atoms with Crippen LogP contribution in [0.15, 0.2) is 24.3 Å². The summed E-state index contributed by atoms with van der Waals surface area (Å²) in [6.45, 7) is 5.67. The van der Waals surface area contributed by atoms with Crippen molar-refractivity contribution in [2.24, 2.45) is 0 Å². The Morgan fingerprint density at radius 1 is 1.15 bits per heavy atom. The molecule has 2 aliphatic rings. The fourth-order valence-electron chi connectivity index (χ4n) is 2.85. The molecule has 0 spiro atoms. The van der Waals surface area contributed by atoms with Crippen LogP contribution in [0.25, 0.3) is 0 Å². The first-order valence-corrected chi connectivity index (χ1v) is 7.40. The van der Waals surface area contributed by atoms with Gasteiger partial charge in [0, 0.05) is 38.8 Å². The number of methoxy groups -OCH3 is 1. The van der Waals surface area contributed by atoms with E-state index in [0.29, 0.717) is 5.56 Å². The van der Waals surface area contributed by atoms with Crippen molar-refractivity contribution in [2.45, 2.75) is 25.4 Å². The monoisotopic (exact) mass is 274 g/mol. The predicted octanol–water partition coefficient (Wildman–Crippen LogP) is 1.75. The molecular weight excluding hydrogens is 252 g/mol. The number of benzene rings is 1. The maximum absolute atomic E-state index is 11.4. The third kappa shape index (κ3) is 3.19. The number of rotatable bonds is 4. The largest absolute Gasteiger partial charge is 0.465 e. The molecule has 1 aromatic rings. The van der Waals surface area contributed by atoms with Crippen molar-refractivity contribution in [2.75, 3.05) is 33.3 Å². The SMILES string of the molecule is COC(=O)c1ccc(CN2CCN(C3CC3)CC2)cc1. The second-order valence-electron chi connectivity index (χ2n) is 5.73. The number of carbonyl (C=O) groups excluding carboxylic acids is 1. The molecule has 0 bridgehead atoms. The molecule has 0 unspecified atom stereocenters. The lowest BCUT2D eigenvalue weighted by Crippen LogP contribution is -2.46. The number of nitrogens with zero attached hydrogens (tertiary/aromatic N) is 2. The summed E-state index contributed by atoms with van der Waals surface area (Å²) < 4.78 is 4.71. The van der Waals surface area contributed by atoms with E-state index in [0.717, 1.165) is 25.7 Å². The Kier molecular flexibility index (Phi) is 4.03. The first kappa shape index (κ1) is 13.6. The maximum Gasteiger partial charge on any atom is 0.337 e. The van der Waals surface area contributed by atoms with Crippen LogP contribution in [-0.4, -0.2) is 55.1 Å². The van der Waals surface area contributed by atoms with E-state index in [2.05, 4.69) is 9.80 Å². The van der Waals surface area contributed by atoms with E-state index in [9.17, 15) is 4.79 Å². The highest BCUT2D eigenvalue weighted by Crippen LogP contribution is 2.27. The van der Waals surface area contributed by atoms with Gasteiger partial charge in [-0.2, -0.15) is 0 Å². The Morgan fingerprint density at radius 3 is 2.35 bits per heavy atom. The number of hydrogen-bond donors (Lipinski definition) is 0. The second kappa shape index (κ2) is 5.94. The van der Waals surface area contributed by atoms with E-state index in [1.165, 1.54) is 38.6 Å². The van der Waals surface area contributed by atoms with Gasteiger partial charge in [-0.15, -0.1) is 0 Å². The van der Waals surface area contributed by atoms with Gasteiger partial charge in [0.05, 0.1) is 12.7 Å². The molecule has 0 atom stereocenters. The summed E-state index contributed by atoms with van der Waals surface area (Å²) in [5.74, 6) is -0.269. The molecule has 1 aliphatic carbocycles. The molecule has 0 radical (unpaired) electrons. The Labute approximate surface area is 120 Å². The quantitative estimate of drug-likeness (QED) is 0.783. The van der Waals surface area contributed by atoms with Crippen molar-refractivity contribution in [1.29, 1.82) is 0 Å². The number of piperazine rings is 1. The summed E-state index contributed by atoms with van der Waals surface area (Å²) >= 11 is 0. The Hall–Kier alpha value is -1.39.